The largest absolute Gasteiger partial charge is 0.382 e. The van der Waals surface area contributed by atoms with Crippen molar-refractivity contribution < 1.29 is 9.32 Å². The van der Waals surface area contributed by atoms with Gasteiger partial charge in [0.25, 0.3) is 5.91 Å². The molecule has 0 unspecified atom stereocenters. The summed E-state index contributed by atoms with van der Waals surface area (Å²) < 4.78 is 6.82. The van der Waals surface area contributed by atoms with Crippen LogP contribution in [0, 0.1) is 25.2 Å². The molecule has 0 saturated carbocycles. The molecule has 0 aliphatic carbocycles. The Balaban J connectivity index is 1.36. The van der Waals surface area contributed by atoms with Crippen molar-refractivity contribution in [3.05, 3.63) is 88.4 Å². The highest BCUT2D eigenvalue weighted by Crippen LogP contribution is 2.29. The van der Waals surface area contributed by atoms with E-state index in [1.54, 1.807) is 16.4 Å². The number of benzene rings is 2. The molecule has 4 rings (SSSR count). The predicted octanol–water partition coefficient (Wildman–Crippen LogP) is 4.59. The van der Waals surface area contributed by atoms with Crippen molar-refractivity contribution in [1.29, 1.82) is 5.26 Å². The lowest BCUT2D eigenvalue weighted by Crippen LogP contribution is -2.25. The number of nitrogen functional groups attached to an aromatic ring is 1. The number of nitriles is 1. The minimum absolute atomic E-state index is 0.137. The van der Waals surface area contributed by atoms with Crippen LogP contribution < -0.4 is 11.1 Å². The number of nitrogens with one attached hydrogen (secondary N) is 1. The van der Waals surface area contributed by atoms with E-state index in [2.05, 4.69) is 21.6 Å². The van der Waals surface area contributed by atoms with Crippen LogP contribution in [0.2, 0.25) is 0 Å². The molecule has 9 heteroatoms. The SMILES string of the molecule is Cc1noc(C)c1CSc1ccccc1C(=O)NCCCc1nn(-c2ccccc2)c(N)c1C#N. The zero-order valence-electron chi connectivity index (χ0n) is 19.6. The van der Waals surface area contributed by atoms with Crippen LogP contribution >= 0.6 is 11.8 Å². The number of carbonyl (C=O) groups is 1. The van der Waals surface area contributed by atoms with Crippen LogP contribution in [-0.2, 0) is 12.2 Å². The van der Waals surface area contributed by atoms with Gasteiger partial charge in [-0.3, -0.25) is 4.79 Å². The molecule has 1 amide bonds. The van der Waals surface area contributed by atoms with Gasteiger partial charge in [-0.25, -0.2) is 4.68 Å². The number of carbonyl (C=O) groups excluding carboxylic acids is 1. The van der Waals surface area contributed by atoms with Gasteiger partial charge in [-0.2, -0.15) is 10.4 Å². The lowest BCUT2D eigenvalue weighted by atomic mass is 10.1. The van der Waals surface area contributed by atoms with Crippen molar-refractivity contribution in [2.45, 2.75) is 37.3 Å². The second kappa shape index (κ2) is 10.9. The highest BCUT2D eigenvalue weighted by atomic mass is 32.2. The summed E-state index contributed by atoms with van der Waals surface area (Å²) in [6.07, 6.45) is 1.15. The molecule has 0 fully saturated rings. The summed E-state index contributed by atoms with van der Waals surface area (Å²) in [6.45, 7) is 4.26. The summed E-state index contributed by atoms with van der Waals surface area (Å²) in [5, 5.41) is 21.1. The lowest BCUT2D eigenvalue weighted by molar-refractivity contribution is 0.0950. The standard InChI is InChI=1S/C26H26N6O2S/c1-17-22(18(2)34-31-17)16-35-24-13-7-6-11-20(24)26(33)29-14-8-12-23-21(15-27)25(28)32(30-23)19-9-4-3-5-10-19/h3-7,9-11,13H,8,12,14,16,28H2,1-2H3,(H,29,33). The topological polar surface area (TPSA) is 123 Å². The van der Waals surface area contributed by atoms with Crippen LogP contribution in [0.4, 0.5) is 5.82 Å². The van der Waals surface area contributed by atoms with Crippen LogP contribution in [0.25, 0.3) is 5.69 Å². The van der Waals surface area contributed by atoms with Gasteiger partial charge in [0, 0.05) is 22.8 Å². The summed E-state index contributed by atoms with van der Waals surface area (Å²) in [4.78, 5) is 13.8. The van der Waals surface area contributed by atoms with Crippen LogP contribution in [-0.4, -0.2) is 27.4 Å². The normalized spacial score (nSPS) is 10.8. The van der Waals surface area contributed by atoms with Crippen LogP contribution in [0.3, 0.4) is 0 Å². The van der Waals surface area contributed by atoms with E-state index in [0.717, 1.165) is 27.6 Å². The Bertz CT molecular complexity index is 1350. The van der Waals surface area contributed by atoms with Crippen molar-refractivity contribution in [2.24, 2.45) is 0 Å². The predicted molar refractivity (Wildman–Crippen MR) is 135 cm³/mol. The van der Waals surface area contributed by atoms with Gasteiger partial charge in [0.15, 0.2) is 0 Å². The number of hydrogen-bond donors (Lipinski definition) is 2. The maximum Gasteiger partial charge on any atom is 0.252 e. The van der Waals surface area contributed by atoms with Gasteiger partial charge in [-0.1, -0.05) is 35.5 Å². The second-order valence-corrected chi connectivity index (χ2v) is 9.03. The van der Waals surface area contributed by atoms with Crippen molar-refractivity contribution in [2.75, 3.05) is 12.3 Å². The number of amides is 1. The van der Waals surface area contributed by atoms with E-state index in [4.69, 9.17) is 10.3 Å². The van der Waals surface area contributed by atoms with E-state index in [0.29, 0.717) is 47.8 Å². The molecule has 4 aromatic rings. The van der Waals surface area contributed by atoms with E-state index >= 15 is 0 Å². The molecule has 0 radical (unpaired) electrons. The fraction of sp³-hybridized carbons (Fsp3) is 0.231. The highest BCUT2D eigenvalue weighted by molar-refractivity contribution is 7.98. The number of nitrogens with zero attached hydrogens (tertiary/aromatic N) is 4. The molecular weight excluding hydrogens is 460 g/mol. The Kier molecular flexibility index (Phi) is 7.53. The smallest absolute Gasteiger partial charge is 0.252 e. The first-order valence-corrected chi connectivity index (χ1v) is 12.2. The molecule has 0 bridgehead atoms. The minimum atomic E-state index is -0.137. The number of aromatic nitrogens is 3. The molecule has 178 valence electrons. The fourth-order valence-electron chi connectivity index (χ4n) is 3.73. The first-order valence-electron chi connectivity index (χ1n) is 11.2. The third kappa shape index (κ3) is 5.39. The molecule has 2 aromatic heterocycles. The van der Waals surface area contributed by atoms with E-state index in [-0.39, 0.29) is 5.91 Å². The number of rotatable bonds is 9. The number of aryl methyl sites for hydroxylation is 3. The Labute approximate surface area is 208 Å². The van der Waals surface area contributed by atoms with Crippen molar-refractivity contribution >= 4 is 23.5 Å². The van der Waals surface area contributed by atoms with E-state index in [1.165, 1.54) is 0 Å². The van der Waals surface area contributed by atoms with Gasteiger partial charge in [0.2, 0.25) is 0 Å². The summed E-state index contributed by atoms with van der Waals surface area (Å²) in [5.41, 5.74) is 10.5. The number of hydrogen-bond acceptors (Lipinski definition) is 7. The monoisotopic (exact) mass is 486 g/mol. The Morgan fingerprint density at radius 1 is 1.17 bits per heavy atom. The molecule has 8 nitrogen and oxygen atoms in total. The van der Waals surface area contributed by atoms with E-state index < -0.39 is 0 Å². The zero-order valence-corrected chi connectivity index (χ0v) is 20.4. The molecule has 2 aromatic carbocycles. The molecule has 0 aliphatic rings. The molecule has 2 heterocycles. The highest BCUT2D eigenvalue weighted by Gasteiger charge is 2.17. The number of thioether (sulfide) groups is 1. The van der Waals surface area contributed by atoms with E-state index in [1.807, 2.05) is 68.4 Å². The van der Waals surface area contributed by atoms with Crippen LogP contribution in [0.5, 0.6) is 0 Å². The summed E-state index contributed by atoms with van der Waals surface area (Å²) in [7, 11) is 0. The Hall–Kier alpha value is -4.03. The average molecular weight is 487 g/mol. The molecular formula is C26H26N6O2S. The van der Waals surface area contributed by atoms with E-state index in [9.17, 15) is 10.1 Å². The molecule has 0 saturated heterocycles. The van der Waals surface area contributed by atoms with Gasteiger partial charge in [0.1, 0.15) is 23.2 Å². The van der Waals surface area contributed by atoms with Crippen molar-refractivity contribution in [3.8, 4) is 11.8 Å². The number of para-hydroxylation sites is 1. The van der Waals surface area contributed by atoms with Crippen LogP contribution in [0.1, 0.15) is 45.1 Å². The summed E-state index contributed by atoms with van der Waals surface area (Å²) >= 11 is 1.58. The quantitative estimate of drug-likeness (QED) is 0.262. The van der Waals surface area contributed by atoms with Gasteiger partial charge < -0.3 is 15.6 Å². The first-order chi connectivity index (χ1) is 17.0. The summed E-state index contributed by atoms with van der Waals surface area (Å²) in [6, 6.07) is 19.2. The molecule has 0 aliphatic heterocycles. The number of anilines is 1. The number of nitrogens with two attached hydrogens (primary N) is 1. The second-order valence-electron chi connectivity index (χ2n) is 8.01. The average Bonchev–Trinajstić information content (AvgIpc) is 3.38. The first kappa shape index (κ1) is 24.1. The van der Waals surface area contributed by atoms with Crippen molar-refractivity contribution in [1.82, 2.24) is 20.3 Å². The Morgan fingerprint density at radius 3 is 2.63 bits per heavy atom. The maximum atomic E-state index is 12.9. The van der Waals surface area contributed by atoms with Crippen LogP contribution in [0.15, 0.2) is 64.0 Å². The van der Waals surface area contributed by atoms with Gasteiger partial charge >= 0.3 is 0 Å². The van der Waals surface area contributed by atoms with Crippen molar-refractivity contribution in [3.63, 3.8) is 0 Å². The fourth-order valence-corrected chi connectivity index (χ4v) is 4.94. The Morgan fingerprint density at radius 2 is 1.91 bits per heavy atom. The molecule has 0 atom stereocenters. The molecule has 3 N–H and O–H groups in total. The third-order valence-electron chi connectivity index (χ3n) is 5.67. The summed E-state index contributed by atoms with van der Waals surface area (Å²) in [5.74, 6) is 1.65. The lowest BCUT2D eigenvalue weighted by Gasteiger charge is -2.10. The van der Waals surface area contributed by atoms with Gasteiger partial charge in [0.05, 0.1) is 22.6 Å². The zero-order chi connectivity index (χ0) is 24.8. The third-order valence-corrected chi connectivity index (χ3v) is 6.77. The minimum Gasteiger partial charge on any atom is -0.382 e. The van der Waals surface area contributed by atoms with Gasteiger partial charge in [-0.15, -0.1) is 11.8 Å². The maximum absolute atomic E-state index is 12.9. The van der Waals surface area contributed by atoms with Gasteiger partial charge in [-0.05, 0) is 51.0 Å². The molecule has 0 spiro atoms. The molecule has 35 heavy (non-hydrogen) atoms.